The average Bonchev–Trinajstić information content (AvgIpc) is 3.27. The van der Waals surface area contributed by atoms with Crippen LogP contribution >= 0.6 is 23.2 Å². The van der Waals surface area contributed by atoms with Crippen molar-refractivity contribution in [1.29, 1.82) is 0 Å². The summed E-state index contributed by atoms with van der Waals surface area (Å²) < 4.78 is 1.60. The fourth-order valence-corrected chi connectivity index (χ4v) is 2.86. The third-order valence-corrected chi connectivity index (χ3v) is 4.71. The lowest BCUT2D eigenvalue weighted by Gasteiger charge is -2.13. The van der Waals surface area contributed by atoms with E-state index in [-0.39, 0.29) is 18.5 Å². The van der Waals surface area contributed by atoms with E-state index in [4.69, 9.17) is 23.2 Å². The van der Waals surface area contributed by atoms with E-state index in [0.29, 0.717) is 27.6 Å². The molecule has 0 unspecified atom stereocenters. The van der Waals surface area contributed by atoms with E-state index in [1.165, 1.54) is 12.8 Å². The number of aromatic nitrogens is 3. The van der Waals surface area contributed by atoms with E-state index in [0.717, 1.165) is 5.56 Å². The fourth-order valence-electron chi connectivity index (χ4n) is 2.56. The van der Waals surface area contributed by atoms with Crippen LogP contribution in [-0.4, -0.2) is 26.7 Å². The fraction of sp³-hybridized carbons (Fsp3) is 0.438. The van der Waals surface area contributed by atoms with Crippen LogP contribution in [0.2, 0.25) is 10.0 Å². The summed E-state index contributed by atoms with van der Waals surface area (Å²) in [5, 5.41) is 8.27. The molecule has 1 aliphatic carbocycles. The molecule has 1 aliphatic rings. The van der Waals surface area contributed by atoms with Crippen LogP contribution < -0.4 is 5.32 Å². The second-order valence-electron chi connectivity index (χ2n) is 5.96. The Morgan fingerprint density at radius 3 is 2.78 bits per heavy atom. The van der Waals surface area contributed by atoms with Crippen LogP contribution in [0.1, 0.15) is 25.6 Å². The first kappa shape index (κ1) is 16.3. The van der Waals surface area contributed by atoms with Gasteiger partial charge >= 0.3 is 0 Å². The monoisotopic (exact) mass is 352 g/mol. The number of carbonyl (C=O) groups excluding carboxylic acids is 1. The third kappa shape index (κ3) is 3.85. The van der Waals surface area contributed by atoms with E-state index in [1.54, 1.807) is 23.7 Å². The van der Waals surface area contributed by atoms with Crippen molar-refractivity contribution in [2.75, 3.05) is 0 Å². The van der Waals surface area contributed by atoms with Crippen molar-refractivity contribution in [3.63, 3.8) is 0 Å². The number of hydrogen-bond acceptors (Lipinski definition) is 3. The first-order chi connectivity index (χ1) is 10.9. The highest BCUT2D eigenvalue weighted by atomic mass is 35.5. The predicted molar refractivity (Wildman–Crippen MR) is 90.5 cm³/mol. The molecule has 1 heterocycles. The topological polar surface area (TPSA) is 59.8 Å². The lowest BCUT2D eigenvalue weighted by Crippen LogP contribution is -2.36. The number of halogens is 2. The lowest BCUT2D eigenvalue weighted by molar-refractivity contribution is -0.122. The molecule has 7 heteroatoms. The van der Waals surface area contributed by atoms with Crippen LogP contribution in [0.4, 0.5) is 0 Å². The zero-order valence-corrected chi connectivity index (χ0v) is 14.5. The van der Waals surface area contributed by atoms with E-state index >= 15 is 0 Å². The zero-order chi connectivity index (χ0) is 16.6. The highest BCUT2D eigenvalue weighted by Crippen LogP contribution is 2.32. The molecule has 1 aromatic heterocycles. The summed E-state index contributed by atoms with van der Waals surface area (Å²) in [6.45, 7) is 3.97. The van der Waals surface area contributed by atoms with Crippen LogP contribution in [0.15, 0.2) is 18.2 Å². The molecule has 1 amide bonds. The molecule has 1 fully saturated rings. The highest BCUT2D eigenvalue weighted by Gasteiger charge is 2.29. The minimum absolute atomic E-state index is 0.0596. The quantitative estimate of drug-likeness (QED) is 0.895. The van der Waals surface area contributed by atoms with E-state index in [1.807, 2.05) is 13.0 Å². The second-order valence-corrected chi connectivity index (χ2v) is 6.78. The molecular weight excluding hydrogens is 335 g/mol. The Hall–Kier alpha value is -1.59. The maximum absolute atomic E-state index is 12.2. The molecule has 0 aliphatic heterocycles. The van der Waals surface area contributed by atoms with Gasteiger partial charge in [-0.3, -0.25) is 4.79 Å². The van der Waals surface area contributed by atoms with E-state index in [9.17, 15) is 4.79 Å². The molecule has 0 bridgehead atoms. The number of amides is 1. The molecule has 1 N–H and O–H groups in total. The minimum Gasteiger partial charge on any atom is -0.352 e. The largest absolute Gasteiger partial charge is 0.352 e. The van der Waals surface area contributed by atoms with Crippen molar-refractivity contribution < 1.29 is 4.79 Å². The summed E-state index contributed by atoms with van der Waals surface area (Å²) in [6.07, 6.45) is 2.39. The molecule has 0 spiro atoms. The summed E-state index contributed by atoms with van der Waals surface area (Å²) in [4.78, 5) is 16.6. The lowest BCUT2D eigenvalue weighted by atomic mass is 10.2. The SMILES string of the molecule is Cc1nc(-c2ccc(Cl)c(Cl)c2)n(CC(=O)N[C@H](C)C2CC2)n1. The van der Waals surface area contributed by atoms with E-state index < -0.39 is 0 Å². The van der Waals surface area contributed by atoms with E-state index in [2.05, 4.69) is 15.4 Å². The number of aryl methyl sites for hydroxylation is 1. The van der Waals surface area contributed by atoms with Gasteiger partial charge in [-0.05, 0) is 50.8 Å². The van der Waals surface area contributed by atoms with Crippen molar-refractivity contribution in [3.8, 4) is 11.4 Å². The van der Waals surface area contributed by atoms with Gasteiger partial charge in [-0.1, -0.05) is 23.2 Å². The molecule has 23 heavy (non-hydrogen) atoms. The van der Waals surface area contributed by atoms with Crippen LogP contribution in [0.25, 0.3) is 11.4 Å². The first-order valence-corrected chi connectivity index (χ1v) is 8.36. The summed E-state index contributed by atoms with van der Waals surface area (Å²) >= 11 is 12.0. The second kappa shape index (κ2) is 6.49. The number of rotatable bonds is 5. The van der Waals surface area contributed by atoms with Crippen molar-refractivity contribution >= 4 is 29.1 Å². The molecule has 3 rings (SSSR count). The van der Waals surface area contributed by atoms with Crippen molar-refractivity contribution in [2.24, 2.45) is 5.92 Å². The third-order valence-electron chi connectivity index (χ3n) is 3.97. The van der Waals surface area contributed by atoms with Crippen LogP contribution in [0.3, 0.4) is 0 Å². The molecule has 5 nitrogen and oxygen atoms in total. The Labute approximate surface area is 145 Å². The molecule has 1 atom stereocenters. The number of benzene rings is 1. The summed E-state index contributed by atoms with van der Waals surface area (Å²) in [5.74, 6) is 1.77. The van der Waals surface area contributed by atoms with Crippen LogP contribution in [0.5, 0.6) is 0 Å². The number of hydrogen-bond donors (Lipinski definition) is 1. The number of nitrogens with one attached hydrogen (secondary N) is 1. The average molecular weight is 353 g/mol. The predicted octanol–water partition coefficient (Wildman–Crippen LogP) is 3.48. The molecule has 1 saturated carbocycles. The van der Waals surface area contributed by atoms with Gasteiger partial charge in [0.15, 0.2) is 5.82 Å². The molecular formula is C16H18Cl2N4O. The summed E-state index contributed by atoms with van der Waals surface area (Å²) in [6, 6.07) is 5.47. The maximum Gasteiger partial charge on any atom is 0.242 e. The van der Waals surface area contributed by atoms with Crippen molar-refractivity contribution in [1.82, 2.24) is 20.1 Å². The summed E-state index contributed by atoms with van der Waals surface area (Å²) in [7, 11) is 0. The minimum atomic E-state index is -0.0596. The summed E-state index contributed by atoms with van der Waals surface area (Å²) in [5.41, 5.74) is 0.781. The van der Waals surface area contributed by atoms with Crippen LogP contribution in [-0.2, 0) is 11.3 Å². The van der Waals surface area contributed by atoms with Gasteiger partial charge in [0.05, 0.1) is 10.0 Å². The van der Waals surface area contributed by atoms with Gasteiger partial charge in [-0.15, -0.1) is 0 Å². The Balaban J connectivity index is 1.79. The number of carbonyl (C=O) groups is 1. The van der Waals surface area contributed by atoms with Gasteiger partial charge in [0.25, 0.3) is 0 Å². The molecule has 1 aromatic carbocycles. The number of nitrogens with zero attached hydrogens (tertiary/aromatic N) is 3. The molecule has 0 radical (unpaired) electrons. The van der Waals surface area contributed by atoms with Crippen molar-refractivity contribution in [3.05, 3.63) is 34.1 Å². The normalized spacial score (nSPS) is 15.5. The van der Waals surface area contributed by atoms with Gasteiger partial charge in [0.1, 0.15) is 12.4 Å². The van der Waals surface area contributed by atoms with Gasteiger partial charge in [-0.2, -0.15) is 5.10 Å². The van der Waals surface area contributed by atoms with Gasteiger partial charge in [0.2, 0.25) is 5.91 Å². The first-order valence-electron chi connectivity index (χ1n) is 7.60. The smallest absolute Gasteiger partial charge is 0.242 e. The zero-order valence-electron chi connectivity index (χ0n) is 13.0. The maximum atomic E-state index is 12.2. The Morgan fingerprint density at radius 1 is 1.39 bits per heavy atom. The van der Waals surface area contributed by atoms with Gasteiger partial charge in [0, 0.05) is 11.6 Å². The van der Waals surface area contributed by atoms with Crippen molar-refractivity contribution in [2.45, 2.75) is 39.3 Å². The van der Waals surface area contributed by atoms with Gasteiger partial charge in [-0.25, -0.2) is 9.67 Å². The molecule has 0 saturated heterocycles. The Bertz CT molecular complexity index is 740. The molecule has 2 aromatic rings. The Morgan fingerprint density at radius 2 is 2.13 bits per heavy atom. The highest BCUT2D eigenvalue weighted by molar-refractivity contribution is 6.42. The van der Waals surface area contributed by atoms with Gasteiger partial charge < -0.3 is 5.32 Å². The Kier molecular flexibility index (Phi) is 4.60. The molecule has 122 valence electrons. The standard InChI is InChI=1S/C16H18Cl2N4O/c1-9(11-3-4-11)19-15(23)8-22-16(20-10(2)21-22)12-5-6-13(17)14(18)7-12/h5-7,9,11H,3-4,8H2,1-2H3,(H,19,23)/t9-/m1/s1. The van der Waals surface area contributed by atoms with Crippen LogP contribution in [0, 0.1) is 12.8 Å².